The van der Waals surface area contributed by atoms with Gasteiger partial charge in [-0.1, -0.05) is 11.6 Å². The quantitative estimate of drug-likeness (QED) is 0.683. The van der Waals surface area contributed by atoms with Crippen LogP contribution in [0.4, 0.5) is 11.4 Å². The lowest BCUT2D eigenvalue weighted by molar-refractivity contribution is -0.384. The molecule has 17 heavy (non-hydrogen) atoms. The third-order valence-corrected chi connectivity index (χ3v) is 3.19. The molecule has 0 radical (unpaired) electrons. The van der Waals surface area contributed by atoms with E-state index in [4.69, 9.17) is 11.6 Å². The molecule has 88 valence electrons. The Morgan fingerprint density at radius 3 is 3.00 bits per heavy atom. The predicted octanol–water partition coefficient (Wildman–Crippen LogP) is 3.32. The van der Waals surface area contributed by atoms with Gasteiger partial charge in [0.25, 0.3) is 5.69 Å². The number of rotatable bonds is 4. The first kappa shape index (κ1) is 11.8. The molecule has 1 aromatic carbocycles. The van der Waals surface area contributed by atoms with Crippen molar-refractivity contribution in [2.24, 2.45) is 0 Å². The first-order valence-electron chi connectivity index (χ1n) is 4.72. The summed E-state index contributed by atoms with van der Waals surface area (Å²) in [4.78, 5) is 15.2. The Hall–Kier alpha value is -1.66. The number of nitrogens with zero attached hydrogens (tertiary/aromatic N) is 2. The molecular weight excluding hydrogens is 262 g/mol. The van der Waals surface area contributed by atoms with Gasteiger partial charge in [0, 0.05) is 22.8 Å². The van der Waals surface area contributed by atoms with E-state index in [0.29, 0.717) is 12.2 Å². The van der Waals surface area contributed by atoms with Crippen molar-refractivity contribution in [1.82, 2.24) is 4.98 Å². The third kappa shape index (κ3) is 2.92. The maximum absolute atomic E-state index is 10.7. The van der Waals surface area contributed by atoms with Crippen molar-refractivity contribution in [2.45, 2.75) is 6.54 Å². The Balaban J connectivity index is 2.11. The predicted molar refractivity (Wildman–Crippen MR) is 67.5 cm³/mol. The summed E-state index contributed by atoms with van der Waals surface area (Å²) in [5, 5.41) is 13.9. The number of anilines is 1. The van der Waals surface area contributed by atoms with Gasteiger partial charge < -0.3 is 5.32 Å². The number of thiazole rings is 1. The summed E-state index contributed by atoms with van der Waals surface area (Å²) in [5.41, 5.74) is 2.30. The first-order valence-corrected chi connectivity index (χ1v) is 5.98. The Kier molecular flexibility index (Phi) is 3.55. The van der Waals surface area contributed by atoms with E-state index in [2.05, 4.69) is 10.3 Å². The van der Waals surface area contributed by atoms with Crippen molar-refractivity contribution < 1.29 is 4.92 Å². The highest BCUT2D eigenvalue weighted by Crippen LogP contribution is 2.27. The van der Waals surface area contributed by atoms with Crippen LogP contribution in [0.1, 0.15) is 4.88 Å². The number of nitro benzene ring substituents is 1. The molecule has 1 aromatic heterocycles. The van der Waals surface area contributed by atoms with Crippen molar-refractivity contribution in [1.29, 1.82) is 0 Å². The highest BCUT2D eigenvalue weighted by molar-refractivity contribution is 7.09. The van der Waals surface area contributed by atoms with Crippen LogP contribution >= 0.6 is 22.9 Å². The molecule has 0 atom stereocenters. The second kappa shape index (κ2) is 5.11. The van der Waals surface area contributed by atoms with E-state index in [0.717, 1.165) is 4.88 Å². The van der Waals surface area contributed by atoms with E-state index in [1.807, 2.05) is 0 Å². The standard InChI is InChI=1S/C10H8ClN3O2S/c11-9-2-1-7(3-10(9)14(15)16)13-5-8-4-12-6-17-8/h1-4,6,13H,5H2. The summed E-state index contributed by atoms with van der Waals surface area (Å²) >= 11 is 7.24. The van der Waals surface area contributed by atoms with Crippen LogP contribution in [0.2, 0.25) is 5.02 Å². The number of halogens is 1. The highest BCUT2D eigenvalue weighted by Gasteiger charge is 2.12. The fourth-order valence-corrected chi connectivity index (χ4v) is 2.00. The van der Waals surface area contributed by atoms with Crippen molar-refractivity contribution in [3.05, 3.63) is 49.9 Å². The van der Waals surface area contributed by atoms with Crippen molar-refractivity contribution in [3.63, 3.8) is 0 Å². The summed E-state index contributed by atoms with van der Waals surface area (Å²) in [6.07, 6.45) is 1.75. The summed E-state index contributed by atoms with van der Waals surface area (Å²) < 4.78 is 0. The lowest BCUT2D eigenvalue weighted by atomic mass is 10.3. The molecule has 0 fully saturated rings. The number of nitrogens with one attached hydrogen (secondary N) is 1. The number of nitro groups is 1. The van der Waals surface area contributed by atoms with Gasteiger partial charge in [-0.25, -0.2) is 0 Å². The molecule has 1 N–H and O–H groups in total. The first-order chi connectivity index (χ1) is 8.16. The van der Waals surface area contributed by atoms with Gasteiger partial charge in [-0.3, -0.25) is 15.1 Å². The molecule has 2 rings (SSSR count). The Morgan fingerprint density at radius 2 is 2.35 bits per heavy atom. The SMILES string of the molecule is O=[N+]([O-])c1cc(NCc2cncs2)ccc1Cl. The van der Waals surface area contributed by atoms with Gasteiger partial charge in [-0.15, -0.1) is 11.3 Å². The van der Waals surface area contributed by atoms with Crippen LogP contribution in [0.25, 0.3) is 0 Å². The van der Waals surface area contributed by atoms with Gasteiger partial charge in [0.05, 0.1) is 17.0 Å². The smallest absolute Gasteiger partial charge is 0.289 e. The Bertz CT molecular complexity index is 530. The van der Waals surface area contributed by atoms with E-state index in [9.17, 15) is 10.1 Å². The fourth-order valence-electron chi connectivity index (χ4n) is 1.28. The van der Waals surface area contributed by atoms with Crippen LogP contribution in [0, 0.1) is 10.1 Å². The van der Waals surface area contributed by atoms with Crippen molar-refractivity contribution in [3.8, 4) is 0 Å². The minimum Gasteiger partial charge on any atom is -0.380 e. The molecule has 5 nitrogen and oxygen atoms in total. The topological polar surface area (TPSA) is 68.1 Å². The number of aromatic nitrogens is 1. The Labute approximate surface area is 106 Å². The highest BCUT2D eigenvalue weighted by atomic mass is 35.5. The minimum absolute atomic E-state index is 0.0963. The molecule has 0 spiro atoms. The molecule has 2 aromatic rings. The van der Waals surface area contributed by atoms with E-state index in [-0.39, 0.29) is 10.7 Å². The van der Waals surface area contributed by atoms with E-state index in [1.165, 1.54) is 23.5 Å². The molecule has 0 bridgehead atoms. The van der Waals surface area contributed by atoms with Crippen LogP contribution in [-0.4, -0.2) is 9.91 Å². The molecule has 0 unspecified atom stereocenters. The van der Waals surface area contributed by atoms with Crippen molar-refractivity contribution >= 4 is 34.3 Å². The van der Waals surface area contributed by atoms with Gasteiger partial charge in [-0.2, -0.15) is 0 Å². The second-order valence-electron chi connectivity index (χ2n) is 3.24. The molecule has 0 aliphatic heterocycles. The molecule has 0 aliphatic rings. The second-order valence-corrected chi connectivity index (χ2v) is 4.62. The fraction of sp³-hybridized carbons (Fsp3) is 0.100. The number of hydrogen-bond acceptors (Lipinski definition) is 5. The van der Waals surface area contributed by atoms with Crippen LogP contribution in [-0.2, 0) is 6.54 Å². The largest absolute Gasteiger partial charge is 0.380 e. The average Bonchev–Trinajstić information content (AvgIpc) is 2.80. The van der Waals surface area contributed by atoms with Crippen LogP contribution < -0.4 is 5.32 Å². The van der Waals surface area contributed by atoms with E-state index < -0.39 is 4.92 Å². The molecular formula is C10H8ClN3O2S. The summed E-state index contributed by atoms with van der Waals surface area (Å²) in [5.74, 6) is 0. The lowest BCUT2D eigenvalue weighted by Crippen LogP contribution is -1.98. The maximum atomic E-state index is 10.7. The maximum Gasteiger partial charge on any atom is 0.289 e. The van der Waals surface area contributed by atoms with Gasteiger partial charge in [-0.05, 0) is 12.1 Å². The van der Waals surface area contributed by atoms with Gasteiger partial charge >= 0.3 is 0 Å². The van der Waals surface area contributed by atoms with Crippen LogP contribution in [0.3, 0.4) is 0 Å². The summed E-state index contributed by atoms with van der Waals surface area (Å²) in [6.45, 7) is 0.587. The average molecular weight is 270 g/mol. The molecule has 1 heterocycles. The molecule has 0 saturated heterocycles. The van der Waals surface area contributed by atoms with Crippen LogP contribution in [0.15, 0.2) is 29.9 Å². The molecule has 0 saturated carbocycles. The summed E-state index contributed by atoms with van der Waals surface area (Å²) in [6, 6.07) is 4.63. The van der Waals surface area contributed by atoms with Gasteiger partial charge in [0.2, 0.25) is 0 Å². The monoisotopic (exact) mass is 269 g/mol. The minimum atomic E-state index is -0.500. The normalized spacial score (nSPS) is 10.2. The van der Waals surface area contributed by atoms with Crippen LogP contribution in [0.5, 0.6) is 0 Å². The lowest BCUT2D eigenvalue weighted by Gasteiger charge is -2.04. The Morgan fingerprint density at radius 1 is 1.53 bits per heavy atom. The van der Waals surface area contributed by atoms with Crippen molar-refractivity contribution in [2.75, 3.05) is 5.32 Å². The zero-order valence-corrected chi connectivity index (χ0v) is 10.2. The number of benzene rings is 1. The van der Waals surface area contributed by atoms with Gasteiger partial charge in [0.1, 0.15) is 5.02 Å². The third-order valence-electron chi connectivity index (χ3n) is 2.09. The van der Waals surface area contributed by atoms with Gasteiger partial charge in [0.15, 0.2) is 0 Å². The number of hydrogen-bond donors (Lipinski definition) is 1. The van der Waals surface area contributed by atoms with E-state index >= 15 is 0 Å². The molecule has 7 heteroatoms. The summed E-state index contributed by atoms with van der Waals surface area (Å²) in [7, 11) is 0. The molecule has 0 aliphatic carbocycles. The zero-order chi connectivity index (χ0) is 12.3. The molecule has 0 amide bonds. The zero-order valence-electron chi connectivity index (χ0n) is 8.59. The van der Waals surface area contributed by atoms with E-state index in [1.54, 1.807) is 17.8 Å².